The molecular weight excluding hydrogens is 514 g/mol. The molecule has 0 heterocycles. The van der Waals surface area contributed by atoms with E-state index in [0.29, 0.717) is 31.1 Å². The fraction of sp³-hybridized carbons (Fsp3) is 0.192. The first-order chi connectivity index (χ1) is 16.9. The van der Waals surface area contributed by atoms with Crippen molar-refractivity contribution >= 4 is 40.1 Å². The smallest absolute Gasteiger partial charge is 0.417 e. The van der Waals surface area contributed by atoms with Gasteiger partial charge in [0.2, 0.25) is 0 Å². The number of halogens is 1. The Labute approximate surface area is 213 Å². The third-order valence-corrected chi connectivity index (χ3v) is 5.26. The van der Waals surface area contributed by atoms with Crippen LogP contribution in [0, 0.1) is 5.41 Å². The Bertz CT molecular complexity index is 1010. The van der Waals surface area contributed by atoms with Crippen molar-refractivity contribution in [1.82, 2.24) is 4.90 Å². The van der Waals surface area contributed by atoms with E-state index in [1.807, 2.05) is 60.7 Å². The van der Waals surface area contributed by atoms with Gasteiger partial charge in [-0.05, 0) is 41.8 Å². The van der Waals surface area contributed by atoms with Gasteiger partial charge in [-0.25, -0.2) is 14.5 Å². The Balaban J connectivity index is 0.000000247. The number of nitrogens with zero attached hydrogens (tertiary/aromatic N) is 2. The maximum absolute atomic E-state index is 11.2. The molecule has 0 saturated heterocycles. The second kappa shape index (κ2) is 15.1. The van der Waals surface area contributed by atoms with E-state index in [4.69, 9.17) is 15.3 Å². The molecule has 0 spiro atoms. The molecule has 0 atom stereocenters. The highest BCUT2D eigenvalue weighted by molar-refractivity contribution is 9.09. The van der Waals surface area contributed by atoms with Gasteiger partial charge in [0.15, 0.2) is 0 Å². The Hall–Kier alpha value is -3.85. The number of carbonyl (C=O) groups is 2. The lowest BCUT2D eigenvalue weighted by molar-refractivity contribution is 0.139. The summed E-state index contributed by atoms with van der Waals surface area (Å²) < 4.78 is 5.42. The van der Waals surface area contributed by atoms with Gasteiger partial charge in [0.25, 0.3) is 0 Å². The molecule has 3 N–H and O–H groups in total. The summed E-state index contributed by atoms with van der Waals surface area (Å²) in [6, 6.07) is 25.8. The summed E-state index contributed by atoms with van der Waals surface area (Å²) in [5, 5.41) is 25.9. The monoisotopic (exact) mass is 541 g/mol. The first-order valence-electron chi connectivity index (χ1n) is 10.8. The second-order valence-electron chi connectivity index (χ2n) is 7.28. The van der Waals surface area contributed by atoms with E-state index in [1.54, 1.807) is 24.3 Å². The summed E-state index contributed by atoms with van der Waals surface area (Å²) in [7, 11) is 0. The van der Waals surface area contributed by atoms with E-state index in [-0.39, 0.29) is 0 Å². The highest BCUT2D eigenvalue weighted by Gasteiger charge is 2.12. The molecule has 8 nitrogen and oxygen atoms in total. The maximum Gasteiger partial charge on any atom is 0.417 e. The van der Waals surface area contributed by atoms with Crippen LogP contribution in [0.15, 0.2) is 84.9 Å². The lowest BCUT2D eigenvalue weighted by atomic mass is 10.2. The molecule has 0 saturated carbocycles. The molecular formula is C26H28BrN3O5. The predicted octanol–water partition coefficient (Wildman–Crippen LogP) is 6.31. The number of carboxylic acid groups (broad SMARTS) is 2. The van der Waals surface area contributed by atoms with Gasteiger partial charge in [0.1, 0.15) is 5.75 Å². The van der Waals surface area contributed by atoms with Crippen LogP contribution in [-0.4, -0.2) is 45.6 Å². The quantitative estimate of drug-likeness (QED) is 0.120. The number of rotatable bonds is 10. The van der Waals surface area contributed by atoms with Gasteiger partial charge in [-0.3, -0.25) is 10.3 Å². The normalized spacial score (nSPS) is 9.86. The van der Waals surface area contributed by atoms with E-state index in [1.165, 1.54) is 4.90 Å². The fourth-order valence-corrected chi connectivity index (χ4v) is 3.22. The van der Waals surface area contributed by atoms with Crippen LogP contribution in [0.3, 0.4) is 0 Å². The van der Waals surface area contributed by atoms with Crippen molar-refractivity contribution < 1.29 is 24.5 Å². The molecule has 0 aliphatic heterocycles. The molecule has 0 aliphatic carbocycles. The average molecular weight is 542 g/mol. The first kappa shape index (κ1) is 27.4. The molecule has 35 heavy (non-hydrogen) atoms. The van der Waals surface area contributed by atoms with Crippen LogP contribution in [-0.2, 0) is 13.1 Å². The fourth-order valence-electron chi connectivity index (χ4n) is 2.99. The van der Waals surface area contributed by atoms with Gasteiger partial charge in [-0.2, -0.15) is 0 Å². The molecule has 9 heteroatoms. The molecule has 3 aromatic rings. The number of nitrogens with one attached hydrogen (secondary N) is 1. The van der Waals surface area contributed by atoms with Crippen LogP contribution in [0.2, 0.25) is 0 Å². The van der Waals surface area contributed by atoms with Crippen molar-refractivity contribution in [2.45, 2.75) is 19.5 Å². The topological polar surface area (TPSA) is 114 Å². The molecule has 184 valence electrons. The molecule has 3 rings (SSSR count). The maximum atomic E-state index is 11.2. The zero-order valence-electron chi connectivity index (χ0n) is 19.1. The van der Waals surface area contributed by atoms with Crippen LogP contribution in [0.4, 0.5) is 15.3 Å². The van der Waals surface area contributed by atoms with Crippen molar-refractivity contribution in [3.8, 4) is 5.75 Å². The lowest BCUT2D eigenvalue weighted by Gasteiger charge is -2.19. The van der Waals surface area contributed by atoms with Crippen molar-refractivity contribution in [1.29, 1.82) is 5.41 Å². The number of benzene rings is 3. The van der Waals surface area contributed by atoms with Crippen molar-refractivity contribution in [3.63, 3.8) is 0 Å². The number of hydrogen-bond acceptors (Lipinski definition) is 4. The van der Waals surface area contributed by atoms with E-state index in [2.05, 4.69) is 15.9 Å². The van der Waals surface area contributed by atoms with Gasteiger partial charge in [-0.15, -0.1) is 0 Å². The lowest BCUT2D eigenvalue weighted by Crippen LogP contribution is -2.28. The Kier molecular flexibility index (Phi) is 11.8. The van der Waals surface area contributed by atoms with Gasteiger partial charge in [-0.1, -0.05) is 76.6 Å². The molecule has 0 bridgehead atoms. The van der Waals surface area contributed by atoms with E-state index in [0.717, 1.165) is 34.1 Å². The number of anilines is 1. The van der Waals surface area contributed by atoms with Crippen molar-refractivity contribution in [2.24, 2.45) is 0 Å². The van der Waals surface area contributed by atoms with Crippen LogP contribution < -0.4 is 9.64 Å². The molecule has 2 amide bonds. The van der Waals surface area contributed by atoms with E-state index in [9.17, 15) is 14.7 Å². The summed E-state index contributed by atoms with van der Waals surface area (Å²) in [6.45, 7) is 1.42. The molecule has 0 fully saturated rings. The van der Waals surface area contributed by atoms with Crippen LogP contribution in [0.25, 0.3) is 0 Å². The minimum absolute atomic E-state index is 0.408. The number of ether oxygens (including phenoxy) is 1. The second-order valence-corrected chi connectivity index (χ2v) is 8.07. The van der Waals surface area contributed by atoms with Crippen molar-refractivity contribution in [2.75, 3.05) is 16.8 Å². The minimum Gasteiger partial charge on any atom is -0.494 e. The molecule has 0 radical (unpaired) electrons. The highest BCUT2D eigenvalue weighted by atomic mass is 79.9. The van der Waals surface area contributed by atoms with Crippen LogP contribution >= 0.6 is 15.9 Å². The summed E-state index contributed by atoms with van der Waals surface area (Å²) >= 11 is 3.30. The summed E-state index contributed by atoms with van der Waals surface area (Å²) in [4.78, 5) is 24.2. The third-order valence-electron chi connectivity index (χ3n) is 4.70. The van der Waals surface area contributed by atoms with Crippen LogP contribution in [0.1, 0.15) is 17.5 Å². The predicted molar refractivity (Wildman–Crippen MR) is 140 cm³/mol. The standard InChI is InChI=1S/C15H15NO2.C11H13BrN2O3/c17-15(18)16(11-13-7-3-1-4-8-13)12-14-9-5-2-6-10-14;12-6-1-7-17-10-4-2-9(3-5-10)14(8-13)11(15)16/h1-10H,11-12H2,(H,17,18);2-5,8,13H,1,6-7H2,(H,15,16). The Morgan fingerprint density at radius 2 is 1.34 bits per heavy atom. The van der Waals surface area contributed by atoms with E-state index < -0.39 is 12.2 Å². The van der Waals surface area contributed by atoms with E-state index >= 15 is 0 Å². The zero-order valence-corrected chi connectivity index (χ0v) is 20.7. The Morgan fingerprint density at radius 1 is 0.829 bits per heavy atom. The average Bonchev–Trinajstić information content (AvgIpc) is 2.86. The SMILES string of the molecule is N=CN(C(=O)O)c1ccc(OCCCBr)cc1.O=C(O)N(Cc1ccccc1)Cc1ccccc1. The molecule has 0 aromatic heterocycles. The summed E-state index contributed by atoms with van der Waals surface area (Å²) in [6.07, 6.45) is -0.428. The summed E-state index contributed by atoms with van der Waals surface area (Å²) in [5.41, 5.74) is 2.41. The first-order valence-corrected chi connectivity index (χ1v) is 11.9. The summed E-state index contributed by atoms with van der Waals surface area (Å²) in [5.74, 6) is 0.685. The number of alkyl halides is 1. The largest absolute Gasteiger partial charge is 0.494 e. The van der Waals surface area contributed by atoms with Gasteiger partial charge in [0, 0.05) is 18.4 Å². The molecule has 0 unspecified atom stereocenters. The number of hydrogen-bond donors (Lipinski definition) is 3. The number of amides is 2. The highest BCUT2D eigenvalue weighted by Crippen LogP contribution is 2.19. The van der Waals surface area contributed by atoms with Gasteiger partial charge in [0.05, 0.1) is 18.6 Å². The molecule has 0 aliphatic rings. The molecule has 3 aromatic carbocycles. The minimum atomic E-state index is -1.19. The van der Waals surface area contributed by atoms with Gasteiger partial charge >= 0.3 is 12.2 Å². The van der Waals surface area contributed by atoms with Crippen molar-refractivity contribution in [3.05, 3.63) is 96.1 Å². The zero-order chi connectivity index (χ0) is 25.5. The Morgan fingerprint density at radius 3 is 1.74 bits per heavy atom. The third kappa shape index (κ3) is 9.89. The van der Waals surface area contributed by atoms with Gasteiger partial charge < -0.3 is 14.9 Å². The van der Waals surface area contributed by atoms with Crippen LogP contribution in [0.5, 0.6) is 5.75 Å².